The maximum Gasteiger partial charge on any atom is 0.278 e. The number of aromatic amines is 1. The van der Waals surface area contributed by atoms with Gasteiger partial charge in [0, 0.05) is 11.6 Å². The number of hydrogen-bond donors (Lipinski definition) is 3. The molecule has 29 heavy (non-hydrogen) atoms. The molecule has 0 aliphatic heterocycles. The third-order valence-corrected chi connectivity index (χ3v) is 5.29. The molecule has 9 heteroatoms. The number of fused-ring (bicyclic) bond motifs is 1. The van der Waals surface area contributed by atoms with E-state index >= 15 is 0 Å². The normalized spacial score (nSPS) is 10.7. The van der Waals surface area contributed by atoms with Crippen LogP contribution in [0.2, 0.25) is 5.02 Å². The zero-order chi connectivity index (χ0) is 20.4. The number of pyridine rings is 1. The van der Waals surface area contributed by atoms with E-state index in [4.69, 9.17) is 11.6 Å². The minimum Gasteiger partial charge on any atom is -0.306 e. The largest absolute Gasteiger partial charge is 0.306 e. The molecule has 2 amide bonds. The Bertz CT molecular complexity index is 1240. The minimum absolute atomic E-state index is 0.0780. The molecule has 0 aliphatic carbocycles. The third kappa shape index (κ3) is 3.85. The Labute approximate surface area is 178 Å². The predicted octanol–water partition coefficient (Wildman–Crippen LogP) is 4.88. The van der Waals surface area contributed by atoms with Gasteiger partial charge in [-0.1, -0.05) is 48.0 Å². The van der Waals surface area contributed by atoms with E-state index < -0.39 is 11.8 Å². The number of nitrogens with one attached hydrogen (secondary N) is 3. The summed E-state index contributed by atoms with van der Waals surface area (Å²) in [5, 5.41) is 14.1. The van der Waals surface area contributed by atoms with Crippen LogP contribution in [-0.4, -0.2) is 27.0 Å². The number of amides is 2. The highest BCUT2D eigenvalue weighted by Gasteiger charge is 2.21. The summed E-state index contributed by atoms with van der Waals surface area (Å²) in [6.07, 6.45) is 1.62. The number of carbonyl (C=O) groups is 2. The van der Waals surface area contributed by atoms with Gasteiger partial charge in [0.25, 0.3) is 11.8 Å². The first kappa shape index (κ1) is 19.1. The first-order valence-corrected chi connectivity index (χ1v) is 9.66. The van der Waals surface area contributed by atoms with Crippen molar-refractivity contribution in [3.05, 3.63) is 81.5 Å². The SMILES string of the molecule is O=C(Nc1[nH]nc(C(=O)Nc2nccc3ccccc23)c1Br)c1ccccc1Cl. The summed E-state index contributed by atoms with van der Waals surface area (Å²) in [6.45, 7) is 0. The zero-order valence-corrected chi connectivity index (χ0v) is 17.1. The van der Waals surface area contributed by atoms with Gasteiger partial charge in [-0.05, 0) is 39.5 Å². The van der Waals surface area contributed by atoms with Crippen LogP contribution in [0.3, 0.4) is 0 Å². The summed E-state index contributed by atoms with van der Waals surface area (Å²) in [5.41, 5.74) is 0.385. The lowest BCUT2D eigenvalue weighted by Gasteiger charge is -2.07. The van der Waals surface area contributed by atoms with Crippen molar-refractivity contribution in [3.63, 3.8) is 0 Å². The van der Waals surface area contributed by atoms with Crippen molar-refractivity contribution >= 4 is 61.8 Å². The van der Waals surface area contributed by atoms with E-state index in [1.165, 1.54) is 0 Å². The number of rotatable bonds is 4. The first-order chi connectivity index (χ1) is 14.0. The van der Waals surface area contributed by atoms with Gasteiger partial charge in [-0.25, -0.2) is 4.98 Å². The molecule has 144 valence electrons. The average Bonchev–Trinajstić information content (AvgIpc) is 3.09. The van der Waals surface area contributed by atoms with Gasteiger partial charge in [-0.3, -0.25) is 14.7 Å². The summed E-state index contributed by atoms with van der Waals surface area (Å²) in [5.74, 6) is -0.242. The Hall–Kier alpha value is -3.23. The molecule has 3 N–H and O–H groups in total. The molecule has 0 saturated carbocycles. The van der Waals surface area contributed by atoms with Crippen LogP contribution in [0.15, 0.2) is 65.3 Å². The molecule has 0 fully saturated rings. The van der Waals surface area contributed by atoms with Gasteiger partial charge in [-0.2, -0.15) is 5.10 Å². The fourth-order valence-electron chi connectivity index (χ4n) is 2.77. The standard InChI is InChI=1S/C20H13BrClN5O2/c21-15-16(20(29)24-17-12-6-2-1-5-11(12)9-10-23-17)26-27-18(15)25-19(28)13-7-3-4-8-14(13)22/h1-10H,(H,23,24,29)(H2,25,26,27,28). The van der Waals surface area contributed by atoms with Gasteiger partial charge >= 0.3 is 0 Å². The molecular formula is C20H13BrClN5O2. The number of anilines is 2. The van der Waals surface area contributed by atoms with Crippen LogP contribution in [0.25, 0.3) is 10.8 Å². The quantitative estimate of drug-likeness (QED) is 0.396. The van der Waals surface area contributed by atoms with Crippen molar-refractivity contribution in [2.24, 2.45) is 0 Å². The van der Waals surface area contributed by atoms with Gasteiger partial charge in [0.2, 0.25) is 0 Å². The molecule has 0 unspecified atom stereocenters. The van der Waals surface area contributed by atoms with Crippen LogP contribution in [0, 0.1) is 0 Å². The van der Waals surface area contributed by atoms with Gasteiger partial charge in [-0.15, -0.1) is 0 Å². The van der Waals surface area contributed by atoms with Crippen LogP contribution < -0.4 is 10.6 Å². The van der Waals surface area contributed by atoms with Crippen molar-refractivity contribution in [1.82, 2.24) is 15.2 Å². The van der Waals surface area contributed by atoms with Crippen molar-refractivity contribution in [2.75, 3.05) is 10.6 Å². The highest BCUT2D eigenvalue weighted by atomic mass is 79.9. The number of nitrogens with zero attached hydrogens (tertiary/aromatic N) is 2. The van der Waals surface area contributed by atoms with Crippen LogP contribution in [0.4, 0.5) is 11.6 Å². The number of benzene rings is 2. The second kappa shape index (κ2) is 8.02. The maximum absolute atomic E-state index is 12.7. The van der Waals surface area contributed by atoms with Crippen LogP contribution in [-0.2, 0) is 0 Å². The fourth-order valence-corrected chi connectivity index (χ4v) is 3.45. The lowest BCUT2D eigenvalue weighted by Crippen LogP contribution is -2.15. The fraction of sp³-hybridized carbons (Fsp3) is 0. The van der Waals surface area contributed by atoms with E-state index in [-0.39, 0.29) is 11.5 Å². The van der Waals surface area contributed by atoms with E-state index in [1.807, 2.05) is 30.3 Å². The van der Waals surface area contributed by atoms with Gasteiger partial charge in [0.05, 0.1) is 15.1 Å². The van der Waals surface area contributed by atoms with Crippen LogP contribution in [0.1, 0.15) is 20.8 Å². The Morgan fingerprint density at radius 1 is 0.966 bits per heavy atom. The summed E-state index contributed by atoms with van der Waals surface area (Å²) in [7, 11) is 0. The summed E-state index contributed by atoms with van der Waals surface area (Å²) in [4.78, 5) is 29.4. The van der Waals surface area contributed by atoms with Gasteiger partial charge < -0.3 is 10.6 Å². The molecule has 0 spiro atoms. The van der Waals surface area contributed by atoms with E-state index in [1.54, 1.807) is 30.5 Å². The number of halogens is 2. The summed E-state index contributed by atoms with van der Waals surface area (Å²) >= 11 is 9.36. The highest BCUT2D eigenvalue weighted by Crippen LogP contribution is 2.27. The lowest BCUT2D eigenvalue weighted by atomic mass is 10.1. The highest BCUT2D eigenvalue weighted by molar-refractivity contribution is 9.10. The number of H-pyrrole nitrogens is 1. The van der Waals surface area contributed by atoms with Crippen molar-refractivity contribution in [2.45, 2.75) is 0 Å². The maximum atomic E-state index is 12.7. The zero-order valence-electron chi connectivity index (χ0n) is 14.7. The second-order valence-electron chi connectivity index (χ2n) is 6.03. The molecule has 0 radical (unpaired) electrons. The van der Waals surface area contributed by atoms with Gasteiger partial charge in [0.15, 0.2) is 5.69 Å². The first-order valence-electron chi connectivity index (χ1n) is 8.49. The summed E-state index contributed by atoms with van der Waals surface area (Å²) in [6, 6.07) is 16.1. The van der Waals surface area contributed by atoms with Gasteiger partial charge in [0.1, 0.15) is 11.6 Å². The molecular weight excluding hydrogens is 458 g/mol. The number of carbonyl (C=O) groups excluding carboxylic acids is 2. The Balaban J connectivity index is 1.56. The van der Waals surface area contributed by atoms with Crippen LogP contribution in [0.5, 0.6) is 0 Å². The smallest absolute Gasteiger partial charge is 0.278 e. The number of aromatic nitrogens is 3. The molecule has 2 aromatic carbocycles. The molecule has 4 rings (SSSR count). The lowest BCUT2D eigenvalue weighted by molar-refractivity contribution is 0.101. The monoisotopic (exact) mass is 469 g/mol. The third-order valence-electron chi connectivity index (χ3n) is 4.18. The van der Waals surface area contributed by atoms with E-state index in [0.29, 0.717) is 20.9 Å². The summed E-state index contributed by atoms with van der Waals surface area (Å²) < 4.78 is 0.315. The Kier molecular flexibility index (Phi) is 5.28. The molecule has 2 aromatic heterocycles. The number of hydrogen-bond acceptors (Lipinski definition) is 4. The molecule has 0 bridgehead atoms. The molecule has 2 heterocycles. The van der Waals surface area contributed by atoms with E-state index in [9.17, 15) is 9.59 Å². The topological polar surface area (TPSA) is 99.8 Å². The second-order valence-corrected chi connectivity index (χ2v) is 7.23. The molecule has 4 aromatic rings. The predicted molar refractivity (Wildman–Crippen MR) is 115 cm³/mol. The van der Waals surface area contributed by atoms with Crippen molar-refractivity contribution < 1.29 is 9.59 Å². The molecule has 0 aliphatic rings. The molecule has 0 atom stereocenters. The average molecular weight is 471 g/mol. The Morgan fingerprint density at radius 2 is 1.72 bits per heavy atom. The molecule has 0 saturated heterocycles. The Morgan fingerprint density at radius 3 is 2.55 bits per heavy atom. The van der Waals surface area contributed by atoms with E-state index in [0.717, 1.165) is 10.8 Å². The van der Waals surface area contributed by atoms with Crippen molar-refractivity contribution in [3.8, 4) is 0 Å². The van der Waals surface area contributed by atoms with Crippen LogP contribution >= 0.6 is 27.5 Å². The molecule has 7 nitrogen and oxygen atoms in total. The van der Waals surface area contributed by atoms with E-state index in [2.05, 4.69) is 41.7 Å². The minimum atomic E-state index is -0.477. The van der Waals surface area contributed by atoms with Crippen molar-refractivity contribution in [1.29, 1.82) is 0 Å².